The first-order valence-electron chi connectivity index (χ1n) is 12.4. The summed E-state index contributed by atoms with van der Waals surface area (Å²) in [6.45, 7) is 2.44. The Hall–Kier alpha value is -3.94. The first-order chi connectivity index (χ1) is 17.6. The van der Waals surface area contributed by atoms with E-state index in [1.807, 2.05) is 19.1 Å². The monoisotopic (exact) mass is 488 g/mol. The van der Waals surface area contributed by atoms with Crippen LogP contribution in [-0.2, 0) is 4.79 Å². The fourth-order valence-corrected chi connectivity index (χ4v) is 4.52. The average molecular weight is 489 g/mol. The SMILES string of the molecule is CCOc1ccc(N(C(=O)c2cnccn2)[C@H](C(=O)NC2CCCCC2)c2ccc(OC)cc2)cc1. The first kappa shape index (κ1) is 25.2. The Bertz CT molecular complexity index is 1130. The lowest BCUT2D eigenvalue weighted by Gasteiger charge is -2.33. The number of carbonyl (C=O) groups excluding carboxylic acids is 2. The molecule has 0 aliphatic heterocycles. The summed E-state index contributed by atoms with van der Waals surface area (Å²) in [5.41, 5.74) is 1.36. The molecule has 36 heavy (non-hydrogen) atoms. The normalized spacial score (nSPS) is 14.5. The van der Waals surface area contributed by atoms with Crippen molar-refractivity contribution in [2.75, 3.05) is 18.6 Å². The molecule has 1 N–H and O–H groups in total. The summed E-state index contributed by atoms with van der Waals surface area (Å²) in [4.78, 5) is 37.5. The van der Waals surface area contributed by atoms with E-state index in [2.05, 4.69) is 15.3 Å². The molecule has 188 valence electrons. The first-order valence-corrected chi connectivity index (χ1v) is 12.4. The number of hydrogen-bond donors (Lipinski definition) is 1. The number of ether oxygens (including phenoxy) is 2. The zero-order valence-corrected chi connectivity index (χ0v) is 20.7. The fraction of sp³-hybridized carbons (Fsp3) is 0.357. The van der Waals surface area contributed by atoms with Gasteiger partial charge < -0.3 is 14.8 Å². The quantitative estimate of drug-likeness (QED) is 0.468. The van der Waals surface area contributed by atoms with Crippen molar-refractivity contribution >= 4 is 17.5 Å². The van der Waals surface area contributed by atoms with Crippen LogP contribution in [0.25, 0.3) is 0 Å². The summed E-state index contributed by atoms with van der Waals surface area (Å²) in [7, 11) is 1.59. The van der Waals surface area contributed by atoms with Crippen molar-refractivity contribution in [1.29, 1.82) is 0 Å². The number of benzene rings is 2. The molecule has 4 rings (SSSR count). The molecule has 1 aromatic heterocycles. The Morgan fingerprint density at radius 3 is 2.31 bits per heavy atom. The predicted molar refractivity (Wildman–Crippen MR) is 137 cm³/mol. The van der Waals surface area contributed by atoms with Gasteiger partial charge in [-0.2, -0.15) is 0 Å². The summed E-state index contributed by atoms with van der Waals surface area (Å²) in [6, 6.07) is 13.5. The van der Waals surface area contributed by atoms with E-state index in [1.54, 1.807) is 43.5 Å². The Morgan fingerprint density at radius 2 is 1.69 bits per heavy atom. The molecule has 1 saturated carbocycles. The lowest BCUT2D eigenvalue weighted by molar-refractivity contribution is -0.123. The highest BCUT2D eigenvalue weighted by Crippen LogP contribution is 2.32. The third-order valence-electron chi connectivity index (χ3n) is 6.32. The third kappa shape index (κ3) is 6.00. The van der Waals surface area contributed by atoms with E-state index >= 15 is 0 Å². The van der Waals surface area contributed by atoms with Gasteiger partial charge in [0.15, 0.2) is 0 Å². The van der Waals surface area contributed by atoms with Gasteiger partial charge in [0.2, 0.25) is 5.91 Å². The molecule has 0 spiro atoms. The largest absolute Gasteiger partial charge is 0.497 e. The van der Waals surface area contributed by atoms with Crippen LogP contribution < -0.4 is 19.7 Å². The molecule has 0 saturated heterocycles. The van der Waals surface area contributed by atoms with Crippen LogP contribution in [0.2, 0.25) is 0 Å². The van der Waals surface area contributed by atoms with E-state index in [0.29, 0.717) is 29.4 Å². The van der Waals surface area contributed by atoms with Crippen LogP contribution in [0.15, 0.2) is 67.1 Å². The number of amides is 2. The van der Waals surface area contributed by atoms with Crippen molar-refractivity contribution in [3.8, 4) is 11.5 Å². The Morgan fingerprint density at radius 1 is 1.00 bits per heavy atom. The van der Waals surface area contributed by atoms with Gasteiger partial charge in [-0.05, 0) is 61.7 Å². The maximum Gasteiger partial charge on any atom is 0.279 e. The number of carbonyl (C=O) groups is 2. The fourth-order valence-electron chi connectivity index (χ4n) is 4.52. The second-order valence-electron chi connectivity index (χ2n) is 8.71. The maximum absolute atomic E-state index is 13.9. The van der Waals surface area contributed by atoms with Crippen molar-refractivity contribution in [3.05, 3.63) is 78.4 Å². The molecule has 0 bridgehead atoms. The van der Waals surface area contributed by atoms with Crippen LogP contribution in [0.3, 0.4) is 0 Å². The molecule has 0 radical (unpaired) electrons. The smallest absolute Gasteiger partial charge is 0.279 e. The molecular weight excluding hydrogens is 456 g/mol. The van der Waals surface area contributed by atoms with Crippen LogP contribution in [0, 0.1) is 0 Å². The van der Waals surface area contributed by atoms with Gasteiger partial charge in [-0.1, -0.05) is 31.4 Å². The van der Waals surface area contributed by atoms with Gasteiger partial charge >= 0.3 is 0 Å². The molecule has 1 heterocycles. The molecule has 3 aromatic rings. The molecule has 2 amide bonds. The third-order valence-corrected chi connectivity index (χ3v) is 6.32. The second-order valence-corrected chi connectivity index (χ2v) is 8.71. The lowest BCUT2D eigenvalue weighted by Crippen LogP contribution is -2.47. The van der Waals surface area contributed by atoms with Gasteiger partial charge in [0.1, 0.15) is 23.2 Å². The molecule has 1 fully saturated rings. The summed E-state index contributed by atoms with van der Waals surface area (Å²) >= 11 is 0. The molecule has 0 unspecified atom stereocenters. The topological polar surface area (TPSA) is 93.7 Å². The highest BCUT2D eigenvalue weighted by molar-refractivity contribution is 6.09. The zero-order valence-electron chi connectivity index (χ0n) is 20.7. The molecule has 1 atom stereocenters. The van der Waals surface area contributed by atoms with Gasteiger partial charge in [-0.3, -0.25) is 19.5 Å². The molecule has 2 aromatic carbocycles. The van der Waals surface area contributed by atoms with E-state index in [-0.39, 0.29) is 17.6 Å². The van der Waals surface area contributed by atoms with Gasteiger partial charge in [0, 0.05) is 24.1 Å². The van der Waals surface area contributed by atoms with Crippen molar-refractivity contribution in [2.24, 2.45) is 0 Å². The average Bonchev–Trinajstić information content (AvgIpc) is 2.93. The Labute approximate surface area is 211 Å². The van der Waals surface area contributed by atoms with Crippen LogP contribution in [0.4, 0.5) is 5.69 Å². The Balaban J connectivity index is 1.78. The minimum absolute atomic E-state index is 0.0841. The van der Waals surface area contributed by atoms with Crippen LogP contribution in [0.1, 0.15) is 61.1 Å². The van der Waals surface area contributed by atoms with E-state index in [9.17, 15) is 9.59 Å². The van der Waals surface area contributed by atoms with Crippen LogP contribution in [-0.4, -0.2) is 41.5 Å². The van der Waals surface area contributed by atoms with Crippen molar-refractivity contribution < 1.29 is 19.1 Å². The number of rotatable bonds is 9. The number of hydrogen-bond acceptors (Lipinski definition) is 6. The highest BCUT2D eigenvalue weighted by atomic mass is 16.5. The van der Waals surface area contributed by atoms with Gasteiger partial charge in [-0.15, -0.1) is 0 Å². The number of anilines is 1. The highest BCUT2D eigenvalue weighted by Gasteiger charge is 2.35. The van der Waals surface area contributed by atoms with E-state index in [0.717, 1.165) is 25.7 Å². The summed E-state index contributed by atoms with van der Waals surface area (Å²) in [5.74, 6) is 0.684. The molecule has 8 nitrogen and oxygen atoms in total. The predicted octanol–water partition coefficient (Wildman–Crippen LogP) is 4.72. The van der Waals surface area contributed by atoms with Gasteiger partial charge in [0.25, 0.3) is 5.91 Å². The molecule has 1 aliphatic rings. The second kappa shape index (κ2) is 12.2. The molecule has 8 heteroatoms. The van der Waals surface area contributed by atoms with E-state index in [4.69, 9.17) is 9.47 Å². The van der Waals surface area contributed by atoms with Crippen LogP contribution >= 0.6 is 0 Å². The minimum atomic E-state index is -0.926. The van der Waals surface area contributed by atoms with E-state index < -0.39 is 11.9 Å². The lowest BCUT2D eigenvalue weighted by atomic mass is 9.94. The maximum atomic E-state index is 13.9. The number of methoxy groups -OCH3 is 1. The summed E-state index contributed by atoms with van der Waals surface area (Å²) in [6.07, 6.45) is 9.59. The Kier molecular flexibility index (Phi) is 8.49. The van der Waals surface area contributed by atoms with Crippen molar-refractivity contribution in [1.82, 2.24) is 15.3 Å². The van der Waals surface area contributed by atoms with Crippen molar-refractivity contribution in [2.45, 2.75) is 51.1 Å². The van der Waals surface area contributed by atoms with E-state index in [1.165, 1.54) is 29.9 Å². The zero-order chi connectivity index (χ0) is 25.3. The van der Waals surface area contributed by atoms with Gasteiger partial charge in [0.05, 0.1) is 19.9 Å². The standard InChI is InChI=1S/C28H32N4O4/c1-3-36-24-15-11-22(12-16-24)32(28(34)25-19-29-17-18-30-25)26(20-9-13-23(35-2)14-10-20)27(33)31-21-7-5-4-6-8-21/h9-19,21,26H,3-8H2,1-2H3,(H,31,33)/t26-/m0/s1. The number of nitrogens with one attached hydrogen (secondary N) is 1. The molecular formula is C28H32N4O4. The summed E-state index contributed by atoms with van der Waals surface area (Å²) < 4.78 is 10.9. The van der Waals surface area contributed by atoms with Crippen molar-refractivity contribution in [3.63, 3.8) is 0 Å². The number of aromatic nitrogens is 2. The van der Waals surface area contributed by atoms with Gasteiger partial charge in [-0.25, -0.2) is 4.98 Å². The van der Waals surface area contributed by atoms with Crippen LogP contribution in [0.5, 0.6) is 11.5 Å². The number of nitrogens with zero attached hydrogens (tertiary/aromatic N) is 3. The summed E-state index contributed by atoms with van der Waals surface area (Å²) in [5, 5.41) is 3.21. The molecule has 1 aliphatic carbocycles. The minimum Gasteiger partial charge on any atom is -0.497 e.